The van der Waals surface area contributed by atoms with Crippen LogP contribution in [-0.2, 0) is 16.0 Å². The summed E-state index contributed by atoms with van der Waals surface area (Å²) in [5.74, 6) is -1.02. The second kappa shape index (κ2) is 9.63. The lowest BCUT2D eigenvalue weighted by atomic mass is 10.1. The van der Waals surface area contributed by atoms with Crippen molar-refractivity contribution in [3.63, 3.8) is 0 Å². The molecule has 3 rings (SSSR count). The van der Waals surface area contributed by atoms with Crippen molar-refractivity contribution >= 4 is 39.1 Å². The number of fused-ring (bicyclic) bond motifs is 1. The molecular weight excluding hydrogens is 422 g/mol. The van der Waals surface area contributed by atoms with Gasteiger partial charge in [0.15, 0.2) is 4.80 Å². The number of aryl methyl sites for hydroxylation is 1. The average Bonchev–Trinajstić information content (AvgIpc) is 3.08. The van der Waals surface area contributed by atoms with Crippen LogP contribution < -0.4 is 4.80 Å². The molecule has 0 atom stereocenters. The Morgan fingerprint density at radius 3 is 2.61 bits per heavy atom. The van der Waals surface area contributed by atoms with E-state index in [1.807, 2.05) is 4.57 Å². The zero-order valence-corrected chi connectivity index (χ0v) is 18.1. The number of carbonyl (C=O) groups is 2. The number of nitro groups is 1. The molecule has 0 aliphatic rings. The molecular formula is C21H21N3O6S. The Labute approximate surface area is 181 Å². The number of rotatable bonds is 7. The molecule has 0 radical (unpaired) electrons. The summed E-state index contributed by atoms with van der Waals surface area (Å²) in [6.07, 6.45) is 0. The van der Waals surface area contributed by atoms with Gasteiger partial charge in [0.05, 0.1) is 33.9 Å². The number of nitrogens with zero attached hydrogens (tertiary/aromatic N) is 3. The average molecular weight is 443 g/mol. The number of hydrogen-bond donors (Lipinski definition) is 0. The van der Waals surface area contributed by atoms with Crippen LogP contribution in [0.1, 0.15) is 33.2 Å². The molecule has 0 bridgehead atoms. The van der Waals surface area contributed by atoms with E-state index >= 15 is 0 Å². The minimum Gasteiger partial charge on any atom is -0.462 e. The number of carbonyl (C=O) groups excluding carboxylic acids is 2. The van der Waals surface area contributed by atoms with E-state index < -0.39 is 16.8 Å². The van der Waals surface area contributed by atoms with Gasteiger partial charge in [0.25, 0.3) is 11.6 Å². The van der Waals surface area contributed by atoms with Gasteiger partial charge < -0.3 is 14.0 Å². The maximum atomic E-state index is 12.8. The van der Waals surface area contributed by atoms with Gasteiger partial charge in [0.1, 0.15) is 0 Å². The molecule has 1 aromatic heterocycles. The van der Waals surface area contributed by atoms with Gasteiger partial charge in [-0.25, -0.2) is 4.79 Å². The molecule has 0 aliphatic carbocycles. The third kappa shape index (κ3) is 4.86. The number of ether oxygens (including phenoxy) is 2. The van der Waals surface area contributed by atoms with Crippen molar-refractivity contribution in [3.8, 4) is 0 Å². The molecule has 31 heavy (non-hydrogen) atoms. The van der Waals surface area contributed by atoms with E-state index in [0.29, 0.717) is 29.1 Å². The second-order valence-electron chi connectivity index (χ2n) is 6.61. The Hall–Kier alpha value is -3.37. The number of benzene rings is 2. The fourth-order valence-corrected chi connectivity index (χ4v) is 4.08. The van der Waals surface area contributed by atoms with Crippen LogP contribution >= 0.6 is 11.3 Å². The zero-order valence-electron chi connectivity index (χ0n) is 17.3. The fraction of sp³-hybridized carbons (Fsp3) is 0.286. The van der Waals surface area contributed by atoms with Crippen molar-refractivity contribution in [1.29, 1.82) is 0 Å². The standard InChI is InChI=1S/C21H21N3O6S/c1-4-30-20(26)15-7-8-16-18(12-15)31-21(23(16)9-10-29-3)22-19(25)14-6-5-13(2)17(11-14)24(27)28/h5-8,11-12H,4,9-10H2,1-3H3. The van der Waals surface area contributed by atoms with Crippen molar-refractivity contribution in [2.45, 2.75) is 20.4 Å². The Morgan fingerprint density at radius 2 is 1.94 bits per heavy atom. The Kier molecular flexibility index (Phi) is 6.93. The van der Waals surface area contributed by atoms with E-state index in [-0.39, 0.29) is 17.9 Å². The van der Waals surface area contributed by atoms with Gasteiger partial charge in [0, 0.05) is 30.8 Å². The van der Waals surface area contributed by atoms with Crippen molar-refractivity contribution in [3.05, 3.63) is 68.0 Å². The van der Waals surface area contributed by atoms with Crippen LogP contribution in [-0.4, -0.2) is 41.7 Å². The zero-order chi connectivity index (χ0) is 22.5. The van der Waals surface area contributed by atoms with Crippen molar-refractivity contribution in [2.75, 3.05) is 20.3 Å². The normalized spacial score (nSPS) is 11.6. The highest BCUT2D eigenvalue weighted by atomic mass is 32.1. The van der Waals surface area contributed by atoms with Crippen LogP contribution in [0.2, 0.25) is 0 Å². The molecule has 1 amide bonds. The molecule has 0 saturated heterocycles. The molecule has 0 unspecified atom stereocenters. The van der Waals surface area contributed by atoms with Crippen LogP contribution in [0.25, 0.3) is 10.2 Å². The summed E-state index contributed by atoms with van der Waals surface area (Å²) >= 11 is 1.24. The summed E-state index contributed by atoms with van der Waals surface area (Å²) in [6.45, 7) is 4.44. The van der Waals surface area contributed by atoms with Gasteiger partial charge in [-0.15, -0.1) is 0 Å². The smallest absolute Gasteiger partial charge is 0.338 e. The van der Waals surface area contributed by atoms with Crippen LogP contribution in [0.3, 0.4) is 0 Å². The second-order valence-corrected chi connectivity index (χ2v) is 7.62. The van der Waals surface area contributed by atoms with E-state index in [9.17, 15) is 19.7 Å². The van der Waals surface area contributed by atoms with Crippen molar-refractivity contribution in [1.82, 2.24) is 4.57 Å². The third-order valence-electron chi connectivity index (χ3n) is 4.56. The maximum absolute atomic E-state index is 12.8. The summed E-state index contributed by atoms with van der Waals surface area (Å²) in [5, 5.41) is 11.2. The molecule has 1 heterocycles. The number of amides is 1. The van der Waals surface area contributed by atoms with Gasteiger partial charge in [-0.05, 0) is 38.1 Å². The molecule has 2 aromatic carbocycles. The lowest BCUT2D eigenvalue weighted by Gasteiger charge is -2.05. The molecule has 0 spiro atoms. The van der Waals surface area contributed by atoms with E-state index in [4.69, 9.17) is 9.47 Å². The van der Waals surface area contributed by atoms with Crippen molar-refractivity contribution < 1.29 is 24.0 Å². The largest absolute Gasteiger partial charge is 0.462 e. The number of thiazole rings is 1. The van der Waals surface area contributed by atoms with E-state index in [2.05, 4.69) is 4.99 Å². The van der Waals surface area contributed by atoms with E-state index in [1.165, 1.54) is 29.5 Å². The third-order valence-corrected chi connectivity index (χ3v) is 5.60. The highest BCUT2D eigenvalue weighted by molar-refractivity contribution is 7.16. The number of nitro benzene ring substituents is 1. The Balaban J connectivity index is 2.09. The molecule has 0 saturated carbocycles. The van der Waals surface area contributed by atoms with E-state index in [1.54, 1.807) is 39.2 Å². The topological polar surface area (TPSA) is 113 Å². The summed E-state index contributed by atoms with van der Waals surface area (Å²) in [5.41, 5.74) is 1.65. The van der Waals surface area contributed by atoms with Gasteiger partial charge >= 0.3 is 5.97 Å². The summed E-state index contributed by atoms with van der Waals surface area (Å²) in [6, 6.07) is 9.39. The minimum atomic E-state index is -0.591. The molecule has 3 aromatic rings. The first kappa shape index (κ1) is 22.3. The van der Waals surface area contributed by atoms with Crippen LogP contribution in [0, 0.1) is 17.0 Å². The summed E-state index contributed by atoms with van der Waals surface area (Å²) in [7, 11) is 1.57. The van der Waals surface area contributed by atoms with Crippen LogP contribution in [0.4, 0.5) is 5.69 Å². The van der Waals surface area contributed by atoms with Gasteiger partial charge in [0.2, 0.25) is 0 Å². The van der Waals surface area contributed by atoms with E-state index in [0.717, 1.165) is 10.2 Å². The predicted molar refractivity (Wildman–Crippen MR) is 115 cm³/mol. The lowest BCUT2D eigenvalue weighted by Crippen LogP contribution is -2.19. The number of hydrogen-bond acceptors (Lipinski definition) is 7. The minimum absolute atomic E-state index is 0.125. The molecule has 9 nitrogen and oxygen atoms in total. The first-order valence-corrected chi connectivity index (χ1v) is 10.3. The monoisotopic (exact) mass is 443 g/mol. The fourth-order valence-electron chi connectivity index (χ4n) is 2.99. The highest BCUT2D eigenvalue weighted by Crippen LogP contribution is 2.22. The Bertz CT molecular complexity index is 1230. The number of methoxy groups -OCH3 is 1. The Morgan fingerprint density at radius 1 is 1.19 bits per heavy atom. The van der Waals surface area contributed by atoms with Crippen LogP contribution in [0.5, 0.6) is 0 Å². The van der Waals surface area contributed by atoms with Gasteiger partial charge in [-0.3, -0.25) is 14.9 Å². The lowest BCUT2D eigenvalue weighted by molar-refractivity contribution is -0.385. The SMILES string of the molecule is CCOC(=O)c1ccc2c(c1)sc(=NC(=O)c1ccc(C)c([N+](=O)[O-])c1)n2CCOC. The quantitative estimate of drug-likeness (QED) is 0.314. The van der Waals surface area contributed by atoms with Crippen LogP contribution in [0.15, 0.2) is 41.4 Å². The first-order valence-electron chi connectivity index (χ1n) is 9.49. The molecule has 0 aliphatic heterocycles. The first-order chi connectivity index (χ1) is 14.8. The number of aromatic nitrogens is 1. The van der Waals surface area contributed by atoms with Gasteiger partial charge in [-0.1, -0.05) is 17.4 Å². The number of esters is 1. The molecule has 0 fully saturated rings. The molecule has 0 N–H and O–H groups in total. The summed E-state index contributed by atoms with van der Waals surface area (Å²) in [4.78, 5) is 40.1. The van der Waals surface area contributed by atoms with Gasteiger partial charge in [-0.2, -0.15) is 4.99 Å². The molecule has 162 valence electrons. The predicted octanol–water partition coefficient (Wildman–Crippen LogP) is 3.48. The summed E-state index contributed by atoms with van der Waals surface area (Å²) < 4.78 is 12.8. The van der Waals surface area contributed by atoms with Crippen molar-refractivity contribution in [2.24, 2.45) is 4.99 Å². The maximum Gasteiger partial charge on any atom is 0.338 e. The molecule has 10 heteroatoms. The highest BCUT2D eigenvalue weighted by Gasteiger charge is 2.16.